The van der Waals surface area contributed by atoms with Crippen molar-refractivity contribution in [1.29, 1.82) is 0 Å². The highest BCUT2D eigenvalue weighted by Crippen LogP contribution is 2.22. The highest BCUT2D eigenvalue weighted by Gasteiger charge is 2.32. The molecule has 0 unspecified atom stereocenters. The summed E-state index contributed by atoms with van der Waals surface area (Å²) in [6.07, 6.45) is 4.73. The van der Waals surface area contributed by atoms with E-state index in [0.29, 0.717) is 23.7 Å². The first-order valence-corrected chi connectivity index (χ1v) is 14.5. The minimum Gasteiger partial charge on any atom is -0.352 e. The second-order valence-corrected chi connectivity index (χ2v) is 11.3. The summed E-state index contributed by atoms with van der Waals surface area (Å²) >= 11 is 7.86. The van der Waals surface area contributed by atoms with E-state index in [1.807, 2.05) is 60.7 Å². The van der Waals surface area contributed by atoms with E-state index in [2.05, 4.69) is 30.4 Å². The molecule has 37 heavy (non-hydrogen) atoms. The molecule has 4 rings (SSSR count). The molecule has 0 aliphatic heterocycles. The van der Waals surface area contributed by atoms with Crippen LogP contribution >= 0.6 is 23.4 Å². The predicted molar refractivity (Wildman–Crippen MR) is 154 cm³/mol. The number of carbonyl (C=O) groups excluding carboxylic acids is 2. The average molecular weight is 535 g/mol. The van der Waals surface area contributed by atoms with Crippen molar-refractivity contribution >= 4 is 35.2 Å². The Bertz CT molecular complexity index is 1180. The molecule has 0 aromatic heterocycles. The lowest BCUT2D eigenvalue weighted by Gasteiger charge is -2.32. The molecule has 2 amide bonds. The van der Waals surface area contributed by atoms with Gasteiger partial charge in [-0.2, -0.15) is 0 Å². The van der Waals surface area contributed by atoms with E-state index in [1.165, 1.54) is 11.1 Å². The van der Waals surface area contributed by atoms with Gasteiger partial charge in [-0.15, -0.1) is 11.8 Å². The largest absolute Gasteiger partial charge is 0.352 e. The number of thioether (sulfide) groups is 1. The van der Waals surface area contributed by atoms with Crippen LogP contribution in [0.5, 0.6) is 0 Å². The SMILES string of the molecule is Cc1cccc(CSCC(=O)N(Cc2cccc(Cl)c2)[C@@H](Cc2ccccc2)C(=O)NC2CCCC2)c1. The Balaban J connectivity index is 1.56. The molecular formula is C31H35ClN2O2S. The van der Waals surface area contributed by atoms with E-state index in [4.69, 9.17) is 11.6 Å². The van der Waals surface area contributed by atoms with Gasteiger partial charge in [-0.25, -0.2) is 0 Å². The fourth-order valence-corrected chi connectivity index (χ4v) is 5.97. The van der Waals surface area contributed by atoms with Gasteiger partial charge in [-0.1, -0.05) is 96.7 Å². The summed E-state index contributed by atoms with van der Waals surface area (Å²) in [7, 11) is 0. The summed E-state index contributed by atoms with van der Waals surface area (Å²) in [4.78, 5) is 29.2. The van der Waals surface area contributed by atoms with Crippen LogP contribution in [-0.2, 0) is 28.3 Å². The summed E-state index contributed by atoms with van der Waals surface area (Å²) in [6.45, 7) is 2.41. The van der Waals surface area contributed by atoms with E-state index >= 15 is 0 Å². The second kappa shape index (κ2) is 13.7. The van der Waals surface area contributed by atoms with E-state index in [-0.39, 0.29) is 17.9 Å². The number of amides is 2. The summed E-state index contributed by atoms with van der Waals surface area (Å²) in [5.41, 5.74) is 4.35. The molecule has 0 spiro atoms. The molecule has 0 heterocycles. The fraction of sp³-hybridized carbons (Fsp3) is 0.355. The number of nitrogens with one attached hydrogen (secondary N) is 1. The number of hydrogen-bond donors (Lipinski definition) is 1. The van der Waals surface area contributed by atoms with Crippen molar-refractivity contribution in [3.05, 3.63) is 106 Å². The maximum atomic E-state index is 13.8. The molecule has 1 saturated carbocycles. The Hall–Kier alpha value is -2.76. The monoisotopic (exact) mass is 534 g/mol. The van der Waals surface area contributed by atoms with Crippen LogP contribution in [0.4, 0.5) is 0 Å². The third-order valence-electron chi connectivity index (χ3n) is 6.79. The molecule has 1 aliphatic rings. The first-order valence-electron chi connectivity index (χ1n) is 13.0. The molecule has 1 N–H and O–H groups in total. The van der Waals surface area contributed by atoms with Crippen molar-refractivity contribution in [1.82, 2.24) is 10.2 Å². The van der Waals surface area contributed by atoms with Crippen molar-refractivity contribution in [3.8, 4) is 0 Å². The Kier molecular flexibility index (Phi) is 10.1. The molecule has 0 radical (unpaired) electrons. The number of benzene rings is 3. The number of rotatable bonds is 11. The van der Waals surface area contributed by atoms with E-state index in [0.717, 1.165) is 42.6 Å². The van der Waals surface area contributed by atoms with Gasteiger partial charge in [-0.05, 0) is 48.6 Å². The topological polar surface area (TPSA) is 49.4 Å². The smallest absolute Gasteiger partial charge is 0.243 e. The Morgan fingerprint density at radius 2 is 1.65 bits per heavy atom. The van der Waals surface area contributed by atoms with E-state index in [1.54, 1.807) is 16.7 Å². The van der Waals surface area contributed by atoms with Crippen LogP contribution in [0.15, 0.2) is 78.9 Å². The zero-order valence-electron chi connectivity index (χ0n) is 21.4. The lowest BCUT2D eigenvalue weighted by atomic mass is 10.0. The first kappa shape index (κ1) is 27.3. The van der Waals surface area contributed by atoms with Crippen molar-refractivity contribution in [2.45, 2.75) is 63.4 Å². The Morgan fingerprint density at radius 3 is 2.38 bits per heavy atom. The number of hydrogen-bond acceptors (Lipinski definition) is 3. The third-order valence-corrected chi connectivity index (χ3v) is 8.01. The van der Waals surface area contributed by atoms with Gasteiger partial charge in [0.05, 0.1) is 5.75 Å². The van der Waals surface area contributed by atoms with Crippen molar-refractivity contribution in [2.24, 2.45) is 0 Å². The van der Waals surface area contributed by atoms with E-state index < -0.39 is 6.04 Å². The van der Waals surface area contributed by atoms with Crippen LogP contribution < -0.4 is 5.32 Å². The predicted octanol–water partition coefficient (Wildman–Crippen LogP) is 6.58. The zero-order valence-corrected chi connectivity index (χ0v) is 22.9. The van der Waals surface area contributed by atoms with Gasteiger partial charge in [0.15, 0.2) is 0 Å². The highest BCUT2D eigenvalue weighted by atomic mass is 35.5. The number of aryl methyl sites for hydroxylation is 1. The average Bonchev–Trinajstić information content (AvgIpc) is 3.40. The molecule has 0 bridgehead atoms. The molecular weight excluding hydrogens is 500 g/mol. The van der Waals surface area contributed by atoms with Crippen LogP contribution in [0, 0.1) is 6.92 Å². The minimum absolute atomic E-state index is 0.0415. The summed E-state index contributed by atoms with van der Waals surface area (Å²) in [5, 5.41) is 3.87. The Labute approximate surface area is 229 Å². The lowest BCUT2D eigenvalue weighted by molar-refractivity contribution is -0.139. The number of nitrogens with zero attached hydrogens (tertiary/aromatic N) is 1. The van der Waals surface area contributed by atoms with Gasteiger partial charge in [0.2, 0.25) is 11.8 Å². The molecule has 3 aromatic carbocycles. The van der Waals surface area contributed by atoms with Crippen LogP contribution in [-0.4, -0.2) is 34.6 Å². The van der Waals surface area contributed by atoms with Crippen LogP contribution in [0.25, 0.3) is 0 Å². The molecule has 0 saturated heterocycles. The molecule has 1 aliphatic carbocycles. The normalized spacial score (nSPS) is 14.3. The third kappa shape index (κ3) is 8.37. The first-order chi connectivity index (χ1) is 18.0. The van der Waals surface area contributed by atoms with Gasteiger partial charge < -0.3 is 10.2 Å². The number of halogens is 1. The second-order valence-electron chi connectivity index (χ2n) is 9.83. The summed E-state index contributed by atoms with van der Waals surface area (Å²) in [5.74, 6) is 0.932. The minimum atomic E-state index is -0.603. The van der Waals surface area contributed by atoms with E-state index in [9.17, 15) is 9.59 Å². The molecule has 3 aromatic rings. The molecule has 6 heteroatoms. The Morgan fingerprint density at radius 1 is 0.946 bits per heavy atom. The van der Waals surface area contributed by atoms with Gasteiger partial charge in [0.1, 0.15) is 6.04 Å². The zero-order chi connectivity index (χ0) is 26.0. The van der Waals surface area contributed by atoms with Crippen molar-refractivity contribution in [2.75, 3.05) is 5.75 Å². The maximum Gasteiger partial charge on any atom is 0.243 e. The van der Waals surface area contributed by atoms with Crippen LogP contribution in [0.2, 0.25) is 5.02 Å². The standard InChI is InChI=1S/C31H35ClN2O2S/c1-23-9-7-13-26(17-23)21-37-22-30(35)34(20-25-12-8-14-27(32)18-25)29(19-24-10-3-2-4-11-24)31(36)33-28-15-5-6-16-28/h2-4,7-14,17-18,28-29H,5-6,15-16,19-22H2,1H3,(H,33,36)/t29-/m0/s1. The van der Waals surface area contributed by atoms with Gasteiger partial charge in [0.25, 0.3) is 0 Å². The van der Waals surface area contributed by atoms with Crippen LogP contribution in [0.3, 0.4) is 0 Å². The number of carbonyl (C=O) groups is 2. The highest BCUT2D eigenvalue weighted by molar-refractivity contribution is 7.99. The van der Waals surface area contributed by atoms with Gasteiger partial charge >= 0.3 is 0 Å². The summed E-state index contributed by atoms with van der Waals surface area (Å²) in [6, 6.07) is 25.4. The van der Waals surface area contributed by atoms with Gasteiger partial charge in [0, 0.05) is 29.8 Å². The summed E-state index contributed by atoms with van der Waals surface area (Å²) < 4.78 is 0. The molecule has 194 valence electrons. The fourth-order valence-electron chi connectivity index (χ4n) is 4.89. The lowest BCUT2D eigenvalue weighted by Crippen LogP contribution is -2.52. The van der Waals surface area contributed by atoms with Crippen molar-refractivity contribution < 1.29 is 9.59 Å². The molecule has 4 nitrogen and oxygen atoms in total. The maximum absolute atomic E-state index is 13.8. The van der Waals surface area contributed by atoms with Crippen LogP contribution in [0.1, 0.15) is 47.9 Å². The van der Waals surface area contributed by atoms with Crippen molar-refractivity contribution in [3.63, 3.8) is 0 Å². The quantitative estimate of drug-likeness (QED) is 0.302. The molecule has 1 atom stereocenters. The van der Waals surface area contributed by atoms with Gasteiger partial charge in [-0.3, -0.25) is 9.59 Å². The molecule has 1 fully saturated rings.